The second kappa shape index (κ2) is 10.6. The Kier molecular flexibility index (Phi) is 7.07. The summed E-state index contributed by atoms with van der Waals surface area (Å²) in [5.74, 6) is 0.0532. The number of carbonyl (C=O) groups excluding carboxylic acids is 2. The molecule has 2 heterocycles. The maximum atomic E-state index is 14.2. The summed E-state index contributed by atoms with van der Waals surface area (Å²) in [6.45, 7) is 0.684. The van der Waals surface area contributed by atoms with Gasteiger partial charge < -0.3 is 29.0 Å². The smallest absolute Gasteiger partial charge is 0.254 e. The molecule has 0 unspecified atom stereocenters. The molecule has 0 bridgehead atoms. The topological polar surface area (TPSA) is 82.0 Å². The maximum Gasteiger partial charge on any atom is 0.254 e. The van der Waals surface area contributed by atoms with Crippen LogP contribution >= 0.6 is 0 Å². The first kappa shape index (κ1) is 25.4. The molecule has 38 heavy (non-hydrogen) atoms. The van der Waals surface area contributed by atoms with Crippen molar-refractivity contribution in [3.05, 3.63) is 89.6 Å². The molecule has 1 aromatic heterocycles. The highest BCUT2D eigenvalue weighted by Crippen LogP contribution is 2.46. The number of nitrogens with zero attached hydrogens (tertiary/aromatic N) is 2. The number of para-hydroxylation sites is 1. The third-order valence-corrected chi connectivity index (χ3v) is 7.17. The van der Waals surface area contributed by atoms with E-state index < -0.39 is 12.0 Å². The number of rotatable bonds is 8. The molecule has 8 heteroatoms. The number of amides is 2. The van der Waals surface area contributed by atoms with Gasteiger partial charge in [0.15, 0.2) is 0 Å². The first-order valence-electron chi connectivity index (χ1n) is 12.4. The molecule has 0 spiro atoms. The van der Waals surface area contributed by atoms with Gasteiger partial charge in [0, 0.05) is 55.0 Å². The summed E-state index contributed by atoms with van der Waals surface area (Å²) >= 11 is 0. The van der Waals surface area contributed by atoms with Crippen molar-refractivity contribution in [3.63, 3.8) is 0 Å². The van der Waals surface area contributed by atoms with E-state index in [-0.39, 0.29) is 11.8 Å². The van der Waals surface area contributed by atoms with Crippen LogP contribution in [0.25, 0.3) is 10.9 Å². The summed E-state index contributed by atoms with van der Waals surface area (Å²) in [6, 6.07) is 20.1. The predicted molar refractivity (Wildman–Crippen MR) is 146 cm³/mol. The highest BCUT2D eigenvalue weighted by Gasteiger charge is 2.45. The highest BCUT2D eigenvalue weighted by atomic mass is 16.5. The largest absolute Gasteiger partial charge is 0.497 e. The summed E-state index contributed by atoms with van der Waals surface area (Å²) in [5, 5.41) is 4.07. The number of methoxy groups -OCH3 is 3. The van der Waals surface area contributed by atoms with E-state index in [1.807, 2.05) is 60.3 Å². The molecular weight excluding hydrogens is 482 g/mol. The maximum absolute atomic E-state index is 14.2. The normalized spacial score (nSPS) is 16.8. The van der Waals surface area contributed by atoms with Gasteiger partial charge in [0.25, 0.3) is 5.91 Å². The standard InChI is InChI=1S/C30H31N3O5/c1-32-18-23(20-9-7-8-12-25(20)32)28-27(29(34)31-24-14-13-19(37-3)17-26(24)38-4)21-10-5-6-11-22(21)30(35)33(28)15-16-36-2/h5-14,17-18,27-28H,15-16H2,1-4H3,(H,31,34)/t27-,28+/m0/s1. The molecule has 1 N–H and O–H groups in total. The zero-order valence-electron chi connectivity index (χ0n) is 21.9. The Labute approximate surface area is 221 Å². The number of aromatic nitrogens is 1. The van der Waals surface area contributed by atoms with Crippen LogP contribution in [0.5, 0.6) is 11.5 Å². The number of hydrogen-bond donors (Lipinski definition) is 1. The zero-order chi connectivity index (χ0) is 26.8. The van der Waals surface area contributed by atoms with Gasteiger partial charge in [-0.25, -0.2) is 0 Å². The van der Waals surface area contributed by atoms with E-state index in [1.165, 1.54) is 0 Å². The van der Waals surface area contributed by atoms with Crippen molar-refractivity contribution in [1.29, 1.82) is 0 Å². The number of benzene rings is 3. The van der Waals surface area contributed by atoms with E-state index in [0.29, 0.717) is 41.5 Å². The second-order valence-electron chi connectivity index (χ2n) is 9.27. The van der Waals surface area contributed by atoms with Crippen LogP contribution in [-0.4, -0.2) is 55.8 Å². The molecule has 0 aliphatic carbocycles. The molecule has 196 valence electrons. The summed E-state index contributed by atoms with van der Waals surface area (Å²) in [6.07, 6.45) is 2.02. The minimum Gasteiger partial charge on any atom is -0.497 e. The van der Waals surface area contributed by atoms with Gasteiger partial charge in [-0.2, -0.15) is 0 Å². The third kappa shape index (κ3) is 4.37. The fraction of sp³-hybridized carbons (Fsp3) is 0.267. The van der Waals surface area contributed by atoms with E-state index >= 15 is 0 Å². The average molecular weight is 514 g/mol. The predicted octanol–water partition coefficient (Wildman–Crippen LogP) is 4.76. The molecular formula is C30H31N3O5. The van der Waals surface area contributed by atoms with Crippen LogP contribution in [0.4, 0.5) is 5.69 Å². The molecule has 0 saturated heterocycles. The number of anilines is 1. The summed E-state index contributed by atoms with van der Waals surface area (Å²) in [7, 11) is 6.70. The minimum atomic E-state index is -0.682. The lowest BCUT2D eigenvalue weighted by molar-refractivity contribution is -0.119. The molecule has 0 radical (unpaired) electrons. The molecule has 3 aromatic carbocycles. The van der Waals surface area contributed by atoms with E-state index in [9.17, 15) is 9.59 Å². The first-order chi connectivity index (χ1) is 18.5. The fourth-order valence-electron chi connectivity index (χ4n) is 5.38. The average Bonchev–Trinajstić information content (AvgIpc) is 3.28. The molecule has 2 atom stereocenters. The van der Waals surface area contributed by atoms with Gasteiger partial charge in [-0.3, -0.25) is 9.59 Å². The van der Waals surface area contributed by atoms with Crippen molar-refractivity contribution < 1.29 is 23.8 Å². The SMILES string of the molecule is COCCN1C(=O)c2ccccc2[C@H](C(=O)Nc2ccc(OC)cc2OC)[C@H]1c1cn(C)c2ccccc12. The minimum absolute atomic E-state index is 0.123. The van der Waals surface area contributed by atoms with Gasteiger partial charge in [-0.05, 0) is 29.8 Å². The third-order valence-electron chi connectivity index (χ3n) is 7.17. The Hall–Kier alpha value is -4.30. The molecule has 0 fully saturated rings. The van der Waals surface area contributed by atoms with E-state index in [1.54, 1.807) is 50.5 Å². The Bertz CT molecular complexity index is 1490. The summed E-state index contributed by atoms with van der Waals surface area (Å²) in [5.41, 5.74) is 3.66. The molecule has 1 aliphatic heterocycles. The lowest BCUT2D eigenvalue weighted by Gasteiger charge is -2.41. The number of fused-ring (bicyclic) bond motifs is 2. The van der Waals surface area contributed by atoms with Crippen molar-refractivity contribution in [2.24, 2.45) is 7.05 Å². The van der Waals surface area contributed by atoms with Crippen LogP contribution in [0.2, 0.25) is 0 Å². The number of carbonyl (C=O) groups is 2. The first-order valence-corrected chi connectivity index (χ1v) is 12.4. The van der Waals surface area contributed by atoms with Gasteiger partial charge >= 0.3 is 0 Å². The molecule has 0 saturated carbocycles. The van der Waals surface area contributed by atoms with Gasteiger partial charge in [-0.15, -0.1) is 0 Å². The Morgan fingerprint density at radius 3 is 2.47 bits per heavy atom. The van der Waals surface area contributed by atoms with E-state index in [4.69, 9.17) is 14.2 Å². The molecule has 5 rings (SSSR count). The van der Waals surface area contributed by atoms with E-state index in [2.05, 4.69) is 5.32 Å². The highest BCUT2D eigenvalue weighted by molar-refractivity contribution is 6.05. The molecule has 1 aliphatic rings. The lowest BCUT2D eigenvalue weighted by Crippen LogP contribution is -2.47. The fourth-order valence-corrected chi connectivity index (χ4v) is 5.38. The van der Waals surface area contributed by atoms with Gasteiger partial charge in [0.2, 0.25) is 5.91 Å². The number of ether oxygens (including phenoxy) is 3. The molecule has 4 aromatic rings. The van der Waals surface area contributed by atoms with Crippen LogP contribution in [0.3, 0.4) is 0 Å². The van der Waals surface area contributed by atoms with Crippen LogP contribution in [0.15, 0.2) is 72.9 Å². The number of nitrogens with one attached hydrogen (secondary N) is 1. The van der Waals surface area contributed by atoms with Crippen molar-refractivity contribution in [3.8, 4) is 11.5 Å². The summed E-state index contributed by atoms with van der Waals surface area (Å²) in [4.78, 5) is 29.8. The summed E-state index contributed by atoms with van der Waals surface area (Å²) < 4.78 is 18.2. The van der Waals surface area contributed by atoms with Crippen molar-refractivity contribution in [2.75, 3.05) is 39.8 Å². The van der Waals surface area contributed by atoms with Crippen LogP contribution in [-0.2, 0) is 16.6 Å². The molecule has 2 amide bonds. The van der Waals surface area contributed by atoms with Crippen LogP contribution in [0.1, 0.15) is 33.4 Å². The van der Waals surface area contributed by atoms with Crippen LogP contribution in [0, 0.1) is 0 Å². The van der Waals surface area contributed by atoms with Crippen molar-refractivity contribution in [2.45, 2.75) is 12.0 Å². The van der Waals surface area contributed by atoms with Crippen LogP contribution < -0.4 is 14.8 Å². The number of aryl methyl sites for hydroxylation is 1. The lowest BCUT2D eigenvalue weighted by atomic mass is 9.79. The quantitative estimate of drug-likeness (QED) is 0.367. The van der Waals surface area contributed by atoms with Gasteiger partial charge in [0.1, 0.15) is 11.5 Å². The molecule has 8 nitrogen and oxygen atoms in total. The number of hydrogen-bond acceptors (Lipinski definition) is 5. The van der Waals surface area contributed by atoms with E-state index in [0.717, 1.165) is 16.5 Å². The van der Waals surface area contributed by atoms with Gasteiger partial charge in [0.05, 0.1) is 38.5 Å². The second-order valence-corrected chi connectivity index (χ2v) is 9.27. The Morgan fingerprint density at radius 1 is 0.947 bits per heavy atom. The van der Waals surface area contributed by atoms with Crippen molar-refractivity contribution >= 4 is 28.4 Å². The van der Waals surface area contributed by atoms with Crippen molar-refractivity contribution in [1.82, 2.24) is 9.47 Å². The Morgan fingerprint density at radius 2 is 1.71 bits per heavy atom. The van der Waals surface area contributed by atoms with Gasteiger partial charge in [-0.1, -0.05) is 36.4 Å². The monoisotopic (exact) mass is 513 g/mol. The Balaban J connectivity index is 1.68. The zero-order valence-corrected chi connectivity index (χ0v) is 21.9.